The molecule has 1 aromatic heterocycles. The molecular formula is C14H11Br2ClS. The summed E-state index contributed by atoms with van der Waals surface area (Å²) in [6, 6.07) is 12.8. The maximum Gasteiger partial charge on any atom is 0.0887 e. The second-order valence-electron chi connectivity index (χ2n) is 4.59. The van der Waals surface area contributed by atoms with Crippen molar-refractivity contribution < 1.29 is 0 Å². The van der Waals surface area contributed by atoms with Crippen LogP contribution in [0.15, 0.2) is 40.2 Å². The van der Waals surface area contributed by atoms with Crippen LogP contribution in [-0.4, -0.2) is 0 Å². The molecule has 0 aliphatic heterocycles. The number of alkyl halides is 1. The second-order valence-corrected chi connectivity index (χ2v) is 8.38. The van der Waals surface area contributed by atoms with E-state index in [0.29, 0.717) is 16.7 Å². The predicted molar refractivity (Wildman–Crippen MR) is 86.0 cm³/mol. The average molecular weight is 407 g/mol. The molecule has 0 spiro atoms. The number of halogens is 3. The van der Waals surface area contributed by atoms with Gasteiger partial charge in [0.1, 0.15) is 0 Å². The van der Waals surface area contributed by atoms with Crippen molar-refractivity contribution in [3.05, 3.63) is 55.6 Å². The molecule has 0 N–H and O–H groups in total. The van der Waals surface area contributed by atoms with Gasteiger partial charge in [-0.25, -0.2) is 0 Å². The topological polar surface area (TPSA) is 0 Å². The fourth-order valence-electron chi connectivity index (χ4n) is 2.33. The monoisotopic (exact) mass is 404 g/mol. The Labute approximate surface area is 133 Å². The van der Waals surface area contributed by atoms with Crippen molar-refractivity contribution in [2.24, 2.45) is 5.92 Å². The lowest BCUT2D eigenvalue weighted by Gasteiger charge is -2.06. The lowest BCUT2D eigenvalue weighted by atomic mass is 10.1. The molecular weight excluding hydrogens is 395 g/mol. The highest BCUT2D eigenvalue weighted by Crippen LogP contribution is 2.58. The van der Waals surface area contributed by atoms with E-state index in [4.69, 9.17) is 11.6 Å². The molecule has 0 amide bonds. The first-order valence-corrected chi connectivity index (χ1v) is 8.71. The highest BCUT2D eigenvalue weighted by molar-refractivity contribution is 9.11. The zero-order chi connectivity index (χ0) is 12.7. The molecule has 0 nitrogen and oxygen atoms in total. The minimum atomic E-state index is 0.413. The Kier molecular flexibility index (Phi) is 3.86. The van der Waals surface area contributed by atoms with E-state index in [-0.39, 0.29) is 0 Å². The minimum Gasteiger partial charge on any atom is -0.130 e. The summed E-state index contributed by atoms with van der Waals surface area (Å²) in [5.41, 5.74) is 1.45. The number of hydrogen-bond donors (Lipinski definition) is 0. The van der Waals surface area contributed by atoms with Crippen LogP contribution >= 0.6 is 54.8 Å². The van der Waals surface area contributed by atoms with Gasteiger partial charge in [0, 0.05) is 4.88 Å². The fourth-order valence-corrected chi connectivity index (χ4v) is 5.13. The molecule has 1 aromatic carbocycles. The third-order valence-electron chi connectivity index (χ3n) is 3.38. The van der Waals surface area contributed by atoms with Crippen LogP contribution in [0.3, 0.4) is 0 Å². The van der Waals surface area contributed by atoms with Gasteiger partial charge >= 0.3 is 0 Å². The zero-order valence-corrected chi connectivity index (χ0v) is 14.2. The first-order chi connectivity index (χ1) is 8.66. The smallest absolute Gasteiger partial charge is 0.0887 e. The molecule has 0 radical (unpaired) electrons. The summed E-state index contributed by atoms with van der Waals surface area (Å²) in [7, 11) is 0. The summed E-state index contributed by atoms with van der Waals surface area (Å²) in [6.07, 6.45) is 1.26. The number of thiophene rings is 1. The van der Waals surface area contributed by atoms with Crippen LogP contribution in [0.25, 0.3) is 0 Å². The van der Waals surface area contributed by atoms with Gasteiger partial charge in [0.25, 0.3) is 0 Å². The molecule has 3 atom stereocenters. The standard InChI is InChI=1S/C14H11Br2ClS/c15-13(12-7-11(17)14(16)18-12)10-6-9(10)8-4-2-1-3-5-8/h1-5,7,9-10,13H,6H2. The van der Waals surface area contributed by atoms with Crippen LogP contribution < -0.4 is 0 Å². The van der Waals surface area contributed by atoms with E-state index >= 15 is 0 Å². The van der Waals surface area contributed by atoms with Gasteiger partial charge in [0.15, 0.2) is 0 Å². The first kappa shape index (κ1) is 13.2. The van der Waals surface area contributed by atoms with Crippen LogP contribution in [0.2, 0.25) is 5.02 Å². The Morgan fingerprint density at radius 3 is 2.61 bits per heavy atom. The first-order valence-electron chi connectivity index (χ1n) is 5.80. The highest BCUT2D eigenvalue weighted by atomic mass is 79.9. The van der Waals surface area contributed by atoms with Crippen molar-refractivity contribution >= 4 is 54.8 Å². The second kappa shape index (κ2) is 5.28. The summed E-state index contributed by atoms with van der Waals surface area (Å²) in [4.78, 5) is 1.73. The Morgan fingerprint density at radius 1 is 1.28 bits per heavy atom. The Morgan fingerprint density at radius 2 is 2.00 bits per heavy atom. The molecule has 0 saturated heterocycles. The van der Waals surface area contributed by atoms with Crippen molar-refractivity contribution in [3.8, 4) is 0 Å². The summed E-state index contributed by atoms with van der Waals surface area (Å²) >= 11 is 15.1. The fraction of sp³-hybridized carbons (Fsp3) is 0.286. The maximum atomic E-state index is 6.09. The van der Waals surface area contributed by atoms with E-state index in [0.717, 1.165) is 8.81 Å². The van der Waals surface area contributed by atoms with E-state index in [1.54, 1.807) is 11.3 Å². The Hall–Kier alpha value is 0.170. The summed E-state index contributed by atoms with van der Waals surface area (Å²) < 4.78 is 1.03. The molecule has 1 saturated carbocycles. The van der Waals surface area contributed by atoms with Crippen molar-refractivity contribution in [2.75, 3.05) is 0 Å². The van der Waals surface area contributed by atoms with Crippen molar-refractivity contribution in [1.82, 2.24) is 0 Å². The van der Waals surface area contributed by atoms with Crippen LogP contribution in [0.5, 0.6) is 0 Å². The lowest BCUT2D eigenvalue weighted by Crippen LogP contribution is -1.91. The molecule has 4 heteroatoms. The van der Waals surface area contributed by atoms with Crippen LogP contribution in [0.4, 0.5) is 0 Å². The molecule has 1 fully saturated rings. The molecule has 2 aromatic rings. The van der Waals surface area contributed by atoms with E-state index in [9.17, 15) is 0 Å². The summed E-state index contributed by atoms with van der Waals surface area (Å²) in [6.45, 7) is 0. The number of hydrogen-bond acceptors (Lipinski definition) is 1. The maximum absolute atomic E-state index is 6.09. The zero-order valence-electron chi connectivity index (χ0n) is 9.45. The molecule has 0 bridgehead atoms. The quantitative estimate of drug-likeness (QED) is 0.517. The van der Waals surface area contributed by atoms with Crippen LogP contribution in [0, 0.1) is 5.92 Å². The molecule has 94 valence electrons. The van der Waals surface area contributed by atoms with E-state index in [1.165, 1.54) is 16.9 Å². The predicted octanol–water partition coefficient (Wildman–Crippen LogP) is 6.40. The lowest BCUT2D eigenvalue weighted by molar-refractivity contribution is 0.798. The highest BCUT2D eigenvalue weighted by Gasteiger charge is 2.43. The Bertz CT molecular complexity index is 533. The molecule has 3 unspecified atom stereocenters. The van der Waals surface area contributed by atoms with Crippen molar-refractivity contribution in [3.63, 3.8) is 0 Å². The van der Waals surface area contributed by atoms with E-state index in [1.807, 2.05) is 0 Å². The molecule has 1 aliphatic rings. The third-order valence-corrected chi connectivity index (χ3v) is 7.41. The van der Waals surface area contributed by atoms with Gasteiger partial charge < -0.3 is 0 Å². The van der Waals surface area contributed by atoms with E-state index in [2.05, 4.69) is 68.3 Å². The molecule has 1 heterocycles. The SMILES string of the molecule is Clc1cc(C(Br)C2CC2c2ccccc2)sc1Br. The molecule has 1 aliphatic carbocycles. The van der Waals surface area contributed by atoms with Gasteiger partial charge in [-0.05, 0) is 45.8 Å². The summed E-state index contributed by atoms with van der Waals surface area (Å²) in [5.74, 6) is 1.38. The Balaban J connectivity index is 1.75. The number of benzene rings is 1. The van der Waals surface area contributed by atoms with Crippen LogP contribution in [-0.2, 0) is 0 Å². The van der Waals surface area contributed by atoms with Gasteiger partial charge in [-0.3, -0.25) is 0 Å². The van der Waals surface area contributed by atoms with Crippen molar-refractivity contribution in [2.45, 2.75) is 17.2 Å². The van der Waals surface area contributed by atoms with Crippen molar-refractivity contribution in [1.29, 1.82) is 0 Å². The number of rotatable bonds is 3. The van der Waals surface area contributed by atoms with Gasteiger partial charge in [0.2, 0.25) is 0 Å². The van der Waals surface area contributed by atoms with Gasteiger partial charge in [0.05, 0.1) is 13.6 Å². The van der Waals surface area contributed by atoms with Crippen LogP contribution in [0.1, 0.15) is 27.6 Å². The minimum absolute atomic E-state index is 0.413. The largest absolute Gasteiger partial charge is 0.130 e. The molecule has 18 heavy (non-hydrogen) atoms. The average Bonchev–Trinajstić information content (AvgIpc) is 3.11. The van der Waals surface area contributed by atoms with E-state index < -0.39 is 0 Å². The van der Waals surface area contributed by atoms with Gasteiger partial charge in [-0.1, -0.05) is 57.9 Å². The normalized spacial score (nSPS) is 23.9. The van der Waals surface area contributed by atoms with Gasteiger partial charge in [-0.15, -0.1) is 11.3 Å². The van der Waals surface area contributed by atoms with Gasteiger partial charge in [-0.2, -0.15) is 0 Å². The molecule has 3 rings (SSSR count). The third kappa shape index (κ3) is 2.55. The summed E-state index contributed by atoms with van der Waals surface area (Å²) in [5, 5.41) is 0.816.